The second kappa shape index (κ2) is 7.66. The van der Waals surface area contributed by atoms with Crippen molar-refractivity contribution < 1.29 is 9.50 Å². The highest BCUT2D eigenvalue weighted by molar-refractivity contribution is 6.31. The number of aliphatic hydroxyl groups is 1. The van der Waals surface area contributed by atoms with E-state index < -0.39 is 11.4 Å². The fourth-order valence-electron chi connectivity index (χ4n) is 2.80. The zero-order valence-corrected chi connectivity index (χ0v) is 16.8. The van der Waals surface area contributed by atoms with Crippen LogP contribution in [-0.2, 0) is 0 Å². The number of halogens is 2. The molecule has 2 aromatic carbocycles. The summed E-state index contributed by atoms with van der Waals surface area (Å²) < 4.78 is 15.5. The van der Waals surface area contributed by atoms with E-state index in [0.717, 1.165) is 6.34 Å². The Morgan fingerprint density at radius 3 is 2.66 bits per heavy atom. The minimum atomic E-state index is -1.20. The van der Waals surface area contributed by atoms with Gasteiger partial charge in [-0.05, 0) is 50.2 Å². The molecular formula is C21H19ClFN5O. The molecule has 3 N–H and O–H groups in total. The van der Waals surface area contributed by atoms with Crippen molar-refractivity contribution in [2.24, 2.45) is 0 Å². The number of rotatable bonds is 3. The molecule has 0 fully saturated rings. The predicted octanol–water partition coefficient (Wildman–Crippen LogP) is 3.65. The van der Waals surface area contributed by atoms with Crippen molar-refractivity contribution >= 4 is 40.3 Å². The quantitative estimate of drug-likeness (QED) is 0.349. The minimum absolute atomic E-state index is 0.157. The SMILES string of the molecule is CN(c1cc(F)cc(C#CC(C)(C)O)c1)c1nc(=N)n(C=N)c2cc(Cl)ccc12. The molecular weight excluding hydrogens is 393 g/mol. The summed E-state index contributed by atoms with van der Waals surface area (Å²) in [5.41, 5.74) is 0.0524. The third-order valence-corrected chi connectivity index (χ3v) is 4.36. The fraction of sp³-hybridized carbons (Fsp3) is 0.190. The molecule has 0 aliphatic carbocycles. The van der Waals surface area contributed by atoms with Gasteiger partial charge in [-0.1, -0.05) is 23.4 Å². The fourth-order valence-corrected chi connectivity index (χ4v) is 2.96. The second-order valence-electron chi connectivity index (χ2n) is 6.99. The maximum atomic E-state index is 14.2. The molecule has 0 spiro atoms. The summed E-state index contributed by atoms with van der Waals surface area (Å²) in [6.07, 6.45) is 0.990. The Kier molecular flexibility index (Phi) is 5.42. The van der Waals surface area contributed by atoms with Gasteiger partial charge >= 0.3 is 0 Å². The Labute approximate surface area is 172 Å². The molecule has 148 valence electrons. The number of nitrogens with zero attached hydrogens (tertiary/aromatic N) is 3. The lowest BCUT2D eigenvalue weighted by atomic mass is 10.1. The second-order valence-corrected chi connectivity index (χ2v) is 7.42. The zero-order valence-electron chi connectivity index (χ0n) is 16.1. The van der Waals surface area contributed by atoms with Gasteiger partial charge in [-0.25, -0.2) is 4.39 Å². The van der Waals surface area contributed by atoms with Crippen molar-refractivity contribution in [3.05, 3.63) is 58.4 Å². The van der Waals surface area contributed by atoms with Crippen LogP contribution in [0.4, 0.5) is 15.9 Å². The summed E-state index contributed by atoms with van der Waals surface area (Å²) in [5, 5.41) is 26.6. The average molecular weight is 412 g/mol. The summed E-state index contributed by atoms with van der Waals surface area (Å²) in [6, 6.07) is 9.36. The van der Waals surface area contributed by atoms with Crippen LogP contribution in [0.2, 0.25) is 5.02 Å². The predicted molar refractivity (Wildman–Crippen MR) is 112 cm³/mol. The van der Waals surface area contributed by atoms with Crippen LogP contribution in [0, 0.1) is 28.5 Å². The lowest BCUT2D eigenvalue weighted by Gasteiger charge is -2.21. The van der Waals surface area contributed by atoms with Crippen LogP contribution in [0.3, 0.4) is 0 Å². The highest BCUT2D eigenvalue weighted by Crippen LogP contribution is 2.30. The average Bonchev–Trinajstić information content (AvgIpc) is 2.64. The molecule has 0 amide bonds. The summed E-state index contributed by atoms with van der Waals surface area (Å²) in [4.78, 5) is 5.93. The van der Waals surface area contributed by atoms with Gasteiger partial charge in [0.25, 0.3) is 0 Å². The molecule has 29 heavy (non-hydrogen) atoms. The van der Waals surface area contributed by atoms with Gasteiger partial charge in [-0.2, -0.15) is 4.98 Å². The van der Waals surface area contributed by atoms with Crippen LogP contribution in [0.25, 0.3) is 10.9 Å². The molecule has 0 bridgehead atoms. The normalized spacial score (nSPS) is 11.1. The number of anilines is 2. The number of benzene rings is 2. The first-order chi connectivity index (χ1) is 13.6. The highest BCUT2D eigenvalue weighted by atomic mass is 35.5. The molecule has 8 heteroatoms. The van der Waals surface area contributed by atoms with Crippen molar-refractivity contribution in [3.63, 3.8) is 0 Å². The van der Waals surface area contributed by atoms with Gasteiger partial charge in [0.2, 0.25) is 5.62 Å². The van der Waals surface area contributed by atoms with Crippen molar-refractivity contribution in [1.29, 1.82) is 10.8 Å². The molecule has 3 aromatic rings. The maximum absolute atomic E-state index is 14.2. The van der Waals surface area contributed by atoms with Crippen LogP contribution < -0.4 is 10.5 Å². The standard InChI is InChI=1S/C21H19ClFN5O/c1-21(2,29)7-6-13-8-15(23)11-16(9-13)27(3)19-17-5-4-14(22)10-18(17)28(12-24)20(25)26-19/h4-5,8-12,24-25,29H,1-3H3. The largest absolute Gasteiger partial charge is 0.378 e. The Balaban J connectivity index is 2.19. The summed E-state index contributed by atoms with van der Waals surface area (Å²) in [7, 11) is 1.70. The number of fused-ring (bicyclic) bond motifs is 1. The Bertz CT molecular complexity index is 1230. The number of hydrogen-bond acceptors (Lipinski definition) is 5. The van der Waals surface area contributed by atoms with E-state index in [1.165, 1.54) is 16.7 Å². The first-order valence-corrected chi connectivity index (χ1v) is 9.04. The van der Waals surface area contributed by atoms with Gasteiger partial charge in [-0.3, -0.25) is 15.4 Å². The number of aromatic nitrogens is 2. The molecule has 3 rings (SSSR count). The number of hydrogen-bond donors (Lipinski definition) is 3. The molecule has 0 saturated carbocycles. The monoisotopic (exact) mass is 411 g/mol. The first-order valence-electron chi connectivity index (χ1n) is 8.66. The van der Waals surface area contributed by atoms with E-state index in [-0.39, 0.29) is 5.62 Å². The third-order valence-electron chi connectivity index (χ3n) is 4.13. The Morgan fingerprint density at radius 2 is 2.00 bits per heavy atom. The summed E-state index contributed by atoms with van der Waals surface area (Å²) in [5.74, 6) is 5.36. The van der Waals surface area contributed by atoms with E-state index in [4.69, 9.17) is 22.4 Å². The molecule has 0 atom stereocenters. The zero-order chi connectivity index (χ0) is 21.3. The van der Waals surface area contributed by atoms with E-state index in [9.17, 15) is 9.50 Å². The Morgan fingerprint density at radius 1 is 1.28 bits per heavy atom. The van der Waals surface area contributed by atoms with Gasteiger partial charge in [0.15, 0.2) is 0 Å². The lowest BCUT2D eigenvalue weighted by molar-refractivity contribution is 0.143. The van der Waals surface area contributed by atoms with Crippen LogP contribution in [0.15, 0.2) is 36.4 Å². The molecule has 1 heterocycles. The summed E-state index contributed by atoms with van der Waals surface area (Å²) >= 11 is 6.09. The van der Waals surface area contributed by atoms with Gasteiger partial charge in [0.05, 0.1) is 11.9 Å². The topological polar surface area (TPSA) is 89.0 Å². The molecule has 0 unspecified atom stereocenters. The third kappa shape index (κ3) is 4.45. The van der Waals surface area contributed by atoms with Crippen LogP contribution in [0.5, 0.6) is 0 Å². The van der Waals surface area contributed by atoms with E-state index in [2.05, 4.69) is 16.8 Å². The van der Waals surface area contributed by atoms with Crippen molar-refractivity contribution in [2.75, 3.05) is 11.9 Å². The molecule has 0 saturated heterocycles. The van der Waals surface area contributed by atoms with Crippen LogP contribution in [0.1, 0.15) is 19.4 Å². The van der Waals surface area contributed by atoms with Gasteiger partial charge in [0.1, 0.15) is 17.2 Å². The Hall–Kier alpha value is -3.21. The molecule has 0 aliphatic heterocycles. The van der Waals surface area contributed by atoms with E-state index in [1.807, 2.05) is 0 Å². The maximum Gasteiger partial charge on any atom is 0.229 e. The van der Waals surface area contributed by atoms with Crippen molar-refractivity contribution in [1.82, 2.24) is 9.55 Å². The van der Waals surface area contributed by atoms with Gasteiger partial charge < -0.3 is 10.0 Å². The van der Waals surface area contributed by atoms with Gasteiger partial charge in [-0.15, -0.1) is 0 Å². The van der Waals surface area contributed by atoms with E-state index in [1.54, 1.807) is 50.1 Å². The molecule has 0 aliphatic rings. The van der Waals surface area contributed by atoms with E-state index >= 15 is 0 Å². The minimum Gasteiger partial charge on any atom is -0.378 e. The van der Waals surface area contributed by atoms with E-state index in [0.29, 0.717) is 33.0 Å². The molecule has 1 aromatic heterocycles. The number of nitrogens with one attached hydrogen (secondary N) is 2. The lowest BCUT2D eigenvalue weighted by Crippen LogP contribution is -2.26. The first kappa shape index (κ1) is 20.5. The smallest absolute Gasteiger partial charge is 0.229 e. The summed E-state index contributed by atoms with van der Waals surface area (Å²) in [6.45, 7) is 3.09. The van der Waals surface area contributed by atoms with Gasteiger partial charge in [0, 0.05) is 28.7 Å². The molecule has 0 radical (unpaired) electrons. The van der Waals surface area contributed by atoms with Crippen LogP contribution >= 0.6 is 11.6 Å². The molecule has 6 nitrogen and oxygen atoms in total. The highest BCUT2D eigenvalue weighted by Gasteiger charge is 2.15. The van der Waals surface area contributed by atoms with Crippen molar-refractivity contribution in [2.45, 2.75) is 19.4 Å². The van der Waals surface area contributed by atoms with Crippen molar-refractivity contribution in [3.8, 4) is 11.8 Å². The van der Waals surface area contributed by atoms with Crippen LogP contribution in [-0.4, -0.2) is 33.6 Å².